The highest BCUT2D eigenvalue weighted by molar-refractivity contribution is 6.63. The van der Waals surface area contributed by atoms with Crippen molar-refractivity contribution in [3.8, 4) is 0 Å². The number of hydrogen-bond acceptors (Lipinski definition) is 3. The lowest BCUT2D eigenvalue weighted by Gasteiger charge is -2.32. The summed E-state index contributed by atoms with van der Waals surface area (Å²) in [5.41, 5.74) is -1.65. The lowest BCUT2D eigenvalue weighted by molar-refractivity contribution is 0.00578. The van der Waals surface area contributed by atoms with Gasteiger partial charge in [0.2, 0.25) is 5.82 Å². The molecule has 0 atom stereocenters. The maximum Gasteiger partial charge on any atom is 0.495 e. The molecule has 9 heteroatoms. The maximum absolute atomic E-state index is 13.8. The Morgan fingerprint density at radius 3 is 1.79 bits per heavy atom. The molecule has 1 fully saturated rings. The van der Waals surface area contributed by atoms with E-state index in [0.717, 1.165) is 6.21 Å². The van der Waals surface area contributed by atoms with E-state index in [1.807, 2.05) is 27.7 Å². The topological polar surface area (TPSA) is 30.8 Å². The molecule has 0 unspecified atom stereocenters. The van der Waals surface area contributed by atoms with E-state index in [1.54, 1.807) is 24.3 Å². The van der Waals surface area contributed by atoms with E-state index < -0.39 is 53.1 Å². The summed E-state index contributed by atoms with van der Waals surface area (Å²) in [7, 11) is -0.788. The third-order valence-corrected chi connectivity index (χ3v) is 5.02. The summed E-state index contributed by atoms with van der Waals surface area (Å²) in [6.07, 6.45) is 1.01. The van der Waals surface area contributed by atoms with Crippen LogP contribution in [0.25, 0.3) is 0 Å². The van der Waals surface area contributed by atoms with Crippen LogP contribution in [0.1, 0.15) is 33.3 Å². The molecule has 148 valence electrons. The standard InChI is InChI=1S/C19H17BF5NO2/c1-18(2)19(3,4)28-20(27-18)11-8-6-5-7-10(11)9-26-17-15(24)13(22)12(21)14(23)16(17)25/h5-9H,1-4H3. The number of aliphatic imine (C=N–C) groups is 1. The summed E-state index contributed by atoms with van der Waals surface area (Å²) < 4.78 is 79.4. The van der Waals surface area contributed by atoms with Crippen molar-refractivity contribution in [2.24, 2.45) is 4.99 Å². The SMILES string of the molecule is CC1(C)OB(c2ccccc2C=Nc2c(F)c(F)c(F)c(F)c2F)OC1(C)C. The molecule has 3 rings (SSSR count). The zero-order valence-corrected chi connectivity index (χ0v) is 15.6. The van der Waals surface area contributed by atoms with Gasteiger partial charge in [0.25, 0.3) is 0 Å². The van der Waals surface area contributed by atoms with Gasteiger partial charge in [-0.05, 0) is 38.7 Å². The zero-order valence-electron chi connectivity index (χ0n) is 15.6. The molecule has 0 spiro atoms. The Hall–Kier alpha value is -2.26. The Balaban J connectivity index is 2.01. The number of nitrogens with zero attached hydrogens (tertiary/aromatic N) is 1. The van der Waals surface area contributed by atoms with E-state index in [4.69, 9.17) is 9.31 Å². The first-order valence-electron chi connectivity index (χ1n) is 8.46. The van der Waals surface area contributed by atoms with Crippen molar-refractivity contribution in [3.05, 3.63) is 58.9 Å². The molecule has 1 aliphatic heterocycles. The third-order valence-electron chi connectivity index (χ3n) is 5.02. The molecular weight excluding hydrogens is 380 g/mol. The van der Waals surface area contributed by atoms with E-state index in [-0.39, 0.29) is 0 Å². The van der Waals surface area contributed by atoms with Crippen molar-refractivity contribution in [1.29, 1.82) is 0 Å². The number of rotatable bonds is 3. The Kier molecular flexibility index (Phi) is 5.10. The Morgan fingerprint density at radius 1 is 0.786 bits per heavy atom. The molecule has 0 radical (unpaired) electrons. The lowest BCUT2D eigenvalue weighted by atomic mass is 9.76. The molecule has 0 saturated carbocycles. The van der Waals surface area contributed by atoms with Crippen LogP contribution in [0.3, 0.4) is 0 Å². The van der Waals surface area contributed by atoms with E-state index in [0.29, 0.717) is 11.0 Å². The van der Waals surface area contributed by atoms with Crippen LogP contribution < -0.4 is 5.46 Å². The minimum atomic E-state index is -2.23. The normalized spacial score (nSPS) is 18.2. The molecule has 1 aliphatic rings. The van der Waals surface area contributed by atoms with Gasteiger partial charge in [0.05, 0.1) is 11.2 Å². The predicted molar refractivity (Wildman–Crippen MR) is 95.6 cm³/mol. The van der Waals surface area contributed by atoms with Gasteiger partial charge in [-0.2, -0.15) is 0 Å². The van der Waals surface area contributed by atoms with Crippen LogP contribution >= 0.6 is 0 Å². The van der Waals surface area contributed by atoms with Gasteiger partial charge in [-0.3, -0.25) is 0 Å². The first-order valence-corrected chi connectivity index (χ1v) is 8.46. The summed E-state index contributed by atoms with van der Waals surface area (Å²) in [5.74, 6) is -10.3. The van der Waals surface area contributed by atoms with Gasteiger partial charge in [0, 0.05) is 6.21 Å². The summed E-state index contributed by atoms with van der Waals surface area (Å²) in [4.78, 5) is 3.51. The van der Waals surface area contributed by atoms with Crippen LogP contribution in [0.5, 0.6) is 0 Å². The van der Waals surface area contributed by atoms with E-state index >= 15 is 0 Å². The number of benzene rings is 2. The average molecular weight is 397 g/mol. The minimum absolute atomic E-state index is 0.352. The van der Waals surface area contributed by atoms with Gasteiger partial charge >= 0.3 is 7.12 Å². The largest absolute Gasteiger partial charge is 0.495 e. The second-order valence-corrected chi connectivity index (χ2v) is 7.39. The van der Waals surface area contributed by atoms with Gasteiger partial charge in [-0.1, -0.05) is 24.3 Å². The lowest BCUT2D eigenvalue weighted by Crippen LogP contribution is -2.41. The van der Waals surface area contributed by atoms with Crippen molar-refractivity contribution < 1.29 is 31.3 Å². The molecule has 3 nitrogen and oxygen atoms in total. The second-order valence-electron chi connectivity index (χ2n) is 7.39. The summed E-state index contributed by atoms with van der Waals surface area (Å²) >= 11 is 0. The molecule has 1 heterocycles. The molecule has 2 aromatic rings. The van der Waals surface area contributed by atoms with Crippen LogP contribution in [0.2, 0.25) is 0 Å². The highest BCUT2D eigenvalue weighted by Crippen LogP contribution is 2.36. The average Bonchev–Trinajstić information content (AvgIpc) is 2.86. The molecular formula is C19H17BF5NO2. The van der Waals surface area contributed by atoms with E-state index in [9.17, 15) is 22.0 Å². The monoisotopic (exact) mass is 397 g/mol. The van der Waals surface area contributed by atoms with Crippen LogP contribution in [-0.4, -0.2) is 24.5 Å². The minimum Gasteiger partial charge on any atom is -0.399 e. The van der Waals surface area contributed by atoms with Crippen molar-refractivity contribution in [1.82, 2.24) is 0 Å². The summed E-state index contributed by atoms with van der Waals surface area (Å²) in [6.45, 7) is 7.44. The molecule has 28 heavy (non-hydrogen) atoms. The fourth-order valence-electron chi connectivity index (χ4n) is 2.65. The Labute approximate surface area is 159 Å². The van der Waals surface area contributed by atoms with Crippen molar-refractivity contribution in [2.45, 2.75) is 38.9 Å². The second kappa shape index (κ2) is 6.97. The molecule has 0 amide bonds. The van der Waals surface area contributed by atoms with Gasteiger partial charge in [-0.25, -0.2) is 26.9 Å². The Morgan fingerprint density at radius 2 is 1.25 bits per heavy atom. The van der Waals surface area contributed by atoms with Crippen molar-refractivity contribution >= 4 is 24.5 Å². The quantitative estimate of drug-likeness (QED) is 0.252. The molecule has 0 bridgehead atoms. The van der Waals surface area contributed by atoms with Gasteiger partial charge in [0.15, 0.2) is 23.3 Å². The fraction of sp³-hybridized carbons (Fsp3) is 0.316. The number of hydrogen-bond donors (Lipinski definition) is 0. The highest BCUT2D eigenvalue weighted by atomic mass is 19.2. The first-order chi connectivity index (χ1) is 13.0. The van der Waals surface area contributed by atoms with Gasteiger partial charge in [-0.15, -0.1) is 0 Å². The molecule has 0 aromatic heterocycles. The fourth-order valence-corrected chi connectivity index (χ4v) is 2.65. The maximum atomic E-state index is 13.8. The van der Waals surface area contributed by atoms with Crippen molar-refractivity contribution in [2.75, 3.05) is 0 Å². The van der Waals surface area contributed by atoms with Crippen molar-refractivity contribution in [3.63, 3.8) is 0 Å². The van der Waals surface area contributed by atoms with Crippen LogP contribution in [0.4, 0.5) is 27.6 Å². The van der Waals surface area contributed by atoms with E-state index in [2.05, 4.69) is 4.99 Å². The number of halogens is 5. The molecule has 0 N–H and O–H groups in total. The summed E-state index contributed by atoms with van der Waals surface area (Å²) in [6, 6.07) is 6.57. The molecule has 0 aliphatic carbocycles. The predicted octanol–water partition coefficient (Wildman–Crippen LogP) is 4.43. The highest BCUT2D eigenvalue weighted by Gasteiger charge is 2.52. The Bertz CT molecular complexity index is 917. The molecule has 1 saturated heterocycles. The molecule has 2 aromatic carbocycles. The zero-order chi connectivity index (χ0) is 20.9. The summed E-state index contributed by atoms with van der Waals surface area (Å²) in [5, 5.41) is 0. The third kappa shape index (κ3) is 3.33. The van der Waals surface area contributed by atoms with Gasteiger partial charge in [0.1, 0.15) is 5.69 Å². The smallest absolute Gasteiger partial charge is 0.399 e. The van der Waals surface area contributed by atoms with Gasteiger partial charge < -0.3 is 9.31 Å². The van der Waals surface area contributed by atoms with Crippen LogP contribution in [-0.2, 0) is 9.31 Å². The van der Waals surface area contributed by atoms with Crippen LogP contribution in [0.15, 0.2) is 29.3 Å². The van der Waals surface area contributed by atoms with Crippen LogP contribution in [0, 0.1) is 29.1 Å². The first kappa shape index (κ1) is 20.5. The van der Waals surface area contributed by atoms with E-state index in [1.165, 1.54) is 0 Å².